The number of hydrogen-bond donors (Lipinski definition) is 2. The molecule has 0 bridgehead atoms. The number of ether oxygens (including phenoxy) is 1. The summed E-state index contributed by atoms with van der Waals surface area (Å²) in [6, 6.07) is 11.7. The van der Waals surface area contributed by atoms with Gasteiger partial charge in [-0.05, 0) is 29.2 Å². The molecule has 0 aliphatic carbocycles. The van der Waals surface area contributed by atoms with Gasteiger partial charge < -0.3 is 4.74 Å². The summed E-state index contributed by atoms with van der Waals surface area (Å²) in [5, 5.41) is 0. The van der Waals surface area contributed by atoms with Crippen molar-refractivity contribution in [2.45, 2.75) is 32.8 Å². The fourth-order valence-electron chi connectivity index (χ4n) is 2.01. The van der Waals surface area contributed by atoms with Crippen molar-refractivity contribution in [3.05, 3.63) is 51.7 Å². The SMILES string of the molecule is CC(C)(C)c1ccccc1OCc1ccc(C(=O)NN)s1. The molecule has 0 saturated heterocycles. The average molecular weight is 304 g/mol. The Kier molecular flexibility index (Phi) is 4.65. The largest absolute Gasteiger partial charge is 0.488 e. The van der Waals surface area contributed by atoms with Crippen LogP contribution in [0.3, 0.4) is 0 Å². The average Bonchev–Trinajstić information content (AvgIpc) is 2.92. The van der Waals surface area contributed by atoms with Crippen LogP contribution in [0.15, 0.2) is 36.4 Å². The molecule has 2 aromatic rings. The van der Waals surface area contributed by atoms with Gasteiger partial charge in [0.25, 0.3) is 5.91 Å². The number of thiophene rings is 1. The number of hydrogen-bond acceptors (Lipinski definition) is 4. The molecule has 0 atom stereocenters. The van der Waals surface area contributed by atoms with Crippen molar-refractivity contribution in [2.75, 3.05) is 0 Å². The zero-order valence-electron chi connectivity index (χ0n) is 12.5. The number of hydrazine groups is 1. The van der Waals surface area contributed by atoms with Crippen LogP contribution in [0, 0.1) is 0 Å². The van der Waals surface area contributed by atoms with Crippen LogP contribution in [0.5, 0.6) is 5.75 Å². The van der Waals surface area contributed by atoms with Gasteiger partial charge in [0.15, 0.2) is 0 Å². The first-order valence-electron chi connectivity index (χ1n) is 6.74. The van der Waals surface area contributed by atoms with E-state index in [0.717, 1.165) is 10.6 Å². The number of carbonyl (C=O) groups is 1. The zero-order valence-corrected chi connectivity index (χ0v) is 13.3. The van der Waals surface area contributed by atoms with Crippen LogP contribution < -0.4 is 16.0 Å². The number of carbonyl (C=O) groups excluding carboxylic acids is 1. The van der Waals surface area contributed by atoms with E-state index in [4.69, 9.17) is 10.6 Å². The van der Waals surface area contributed by atoms with Crippen molar-refractivity contribution in [3.63, 3.8) is 0 Å². The van der Waals surface area contributed by atoms with Gasteiger partial charge in [0, 0.05) is 4.88 Å². The molecular formula is C16H20N2O2S. The first-order chi connectivity index (χ1) is 9.91. The lowest BCUT2D eigenvalue weighted by molar-refractivity contribution is 0.0957. The number of amides is 1. The van der Waals surface area contributed by atoms with E-state index in [1.807, 2.05) is 24.3 Å². The zero-order chi connectivity index (χ0) is 15.5. The van der Waals surface area contributed by atoms with Gasteiger partial charge in [0.1, 0.15) is 12.4 Å². The molecule has 1 aromatic carbocycles. The van der Waals surface area contributed by atoms with Crippen molar-refractivity contribution >= 4 is 17.2 Å². The Labute approximate surface area is 128 Å². The van der Waals surface area contributed by atoms with E-state index >= 15 is 0 Å². The van der Waals surface area contributed by atoms with Gasteiger partial charge in [-0.25, -0.2) is 5.84 Å². The van der Waals surface area contributed by atoms with Gasteiger partial charge in [-0.3, -0.25) is 10.2 Å². The highest BCUT2D eigenvalue weighted by molar-refractivity contribution is 7.14. The third kappa shape index (κ3) is 3.83. The molecule has 21 heavy (non-hydrogen) atoms. The predicted octanol–water partition coefficient (Wildman–Crippen LogP) is 3.23. The van der Waals surface area contributed by atoms with Crippen LogP contribution in [-0.2, 0) is 12.0 Å². The van der Waals surface area contributed by atoms with Crippen molar-refractivity contribution in [1.29, 1.82) is 0 Å². The summed E-state index contributed by atoms with van der Waals surface area (Å²) >= 11 is 1.38. The molecule has 0 fully saturated rings. The van der Waals surface area contributed by atoms with E-state index in [2.05, 4.69) is 32.3 Å². The summed E-state index contributed by atoms with van der Waals surface area (Å²) in [4.78, 5) is 13.0. The maximum atomic E-state index is 11.4. The topological polar surface area (TPSA) is 64.3 Å². The molecule has 0 aliphatic rings. The van der Waals surface area contributed by atoms with Crippen LogP contribution in [0.2, 0.25) is 0 Å². The van der Waals surface area contributed by atoms with E-state index in [1.165, 1.54) is 16.9 Å². The molecule has 112 valence electrons. The second-order valence-electron chi connectivity index (χ2n) is 5.77. The van der Waals surface area contributed by atoms with E-state index in [9.17, 15) is 4.79 Å². The number of nitrogen functional groups attached to an aromatic ring is 1. The molecule has 0 aliphatic heterocycles. The Hall–Kier alpha value is -1.85. The summed E-state index contributed by atoms with van der Waals surface area (Å²) in [7, 11) is 0. The predicted molar refractivity (Wildman–Crippen MR) is 85.4 cm³/mol. The quantitative estimate of drug-likeness (QED) is 0.518. The van der Waals surface area contributed by atoms with Gasteiger partial charge in [0.05, 0.1) is 4.88 Å². The van der Waals surface area contributed by atoms with Crippen LogP contribution in [0.1, 0.15) is 40.9 Å². The summed E-state index contributed by atoms with van der Waals surface area (Å²) < 4.78 is 5.92. The minimum Gasteiger partial charge on any atom is -0.488 e. The third-order valence-electron chi connectivity index (χ3n) is 3.08. The van der Waals surface area contributed by atoms with Crippen LogP contribution in [0.4, 0.5) is 0 Å². The number of nitrogens with one attached hydrogen (secondary N) is 1. The Bertz CT molecular complexity index is 629. The van der Waals surface area contributed by atoms with Gasteiger partial charge >= 0.3 is 0 Å². The summed E-state index contributed by atoms with van der Waals surface area (Å²) in [5.74, 6) is 5.72. The first-order valence-corrected chi connectivity index (χ1v) is 7.55. The monoisotopic (exact) mass is 304 g/mol. The molecule has 4 nitrogen and oxygen atoms in total. The van der Waals surface area contributed by atoms with Crippen LogP contribution in [0.25, 0.3) is 0 Å². The molecule has 1 aromatic heterocycles. The molecule has 0 saturated carbocycles. The number of benzene rings is 1. The summed E-state index contributed by atoms with van der Waals surface area (Å²) in [6.45, 7) is 6.91. The Balaban J connectivity index is 2.10. The highest BCUT2D eigenvalue weighted by atomic mass is 32.1. The van der Waals surface area contributed by atoms with Crippen molar-refractivity contribution in [1.82, 2.24) is 5.43 Å². The molecule has 0 radical (unpaired) electrons. The Morgan fingerprint density at radius 1 is 1.24 bits per heavy atom. The second kappa shape index (κ2) is 6.28. The lowest BCUT2D eigenvalue weighted by Crippen LogP contribution is -2.29. The van der Waals surface area contributed by atoms with E-state index in [1.54, 1.807) is 6.07 Å². The smallest absolute Gasteiger partial charge is 0.275 e. The number of nitrogens with two attached hydrogens (primary N) is 1. The minimum absolute atomic E-state index is 0.0244. The van der Waals surface area contributed by atoms with Gasteiger partial charge in [-0.2, -0.15) is 0 Å². The Morgan fingerprint density at radius 2 is 1.95 bits per heavy atom. The van der Waals surface area contributed by atoms with Crippen molar-refractivity contribution < 1.29 is 9.53 Å². The van der Waals surface area contributed by atoms with Crippen molar-refractivity contribution in [2.24, 2.45) is 5.84 Å². The summed E-state index contributed by atoms with van der Waals surface area (Å²) in [5.41, 5.74) is 3.32. The first kappa shape index (κ1) is 15.5. The van der Waals surface area contributed by atoms with Crippen LogP contribution in [-0.4, -0.2) is 5.91 Å². The van der Waals surface area contributed by atoms with E-state index in [0.29, 0.717) is 11.5 Å². The van der Waals surface area contributed by atoms with Crippen molar-refractivity contribution in [3.8, 4) is 5.75 Å². The molecule has 2 rings (SSSR count). The second-order valence-corrected chi connectivity index (χ2v) is 6.94. The molecule has 1 heterocycles. The van der Waals surface area contributed by atoms with E-state index < -0.39 is 0 Å². The number of para-hydroxylation sites is 1. The molecule has 5 heteroatoms. The van der Waals surface area contributed by atoms with Gasteiger partial charge in [0.2, 0.25) is 0 Å². The summed E-state index contributed by atoms with van der Waals surface area (Å²) in [6.07, 6.45) is 0. The minimum atomic E-state index is -0.277. The normalized spacial score (nSPS) is 11.2. The third-order valence-corrected chi connectivity index (χ3v) is 4.14. The Morgan fingerprint density at radius 3 is 2.62 bits per heavy atom. The molecular weight excluding hydrogens is 284 g/mol. The molecule has 0 unspecified atom stereocenters. The highest BCUT2D eigenvalue weighted by Gasteiger charge is 2.18. The van der Waals surface area contributed by atoms with E-state index in [-0.39, 0.29) is 11.3 Å². The standard InChI is InChI=1S/C16H20N2O2S/c1-16(2,3)12-6-4-5-7-13(12)20-10-11-8-9-14(21-11)15(19)18-17/h4-9H,10,17H2,1-3H3,(H,18,19). The molecule has 3 N–H and O–H groups in total. The lowest BCUT2D eigenvalue weighted by atomic mass is 9.86. The lowest BCUT2D eigenvalue weighted by Gasteiger charge is -2.22. The van der Waals surface area contributed by atoms with Gasteiger partial charge in [-0.15, -0.1) is 11.3 Å². The van der Waals surface area contributed by atoms with Crippen LogP contribution >= 0.6 is 11.3 Å². The maximum Gasteiger partial charge on any atom is 0.275 e. The molecule has 0 spiro atoms. The molecule has 1 amide bonds. The fourth-order valence-corrected chi connectivity index (χ4v) is 2.83. The number of rotatable bonds is 4. The highest BCUT2D eigenvalue weighted by Crippen LogP contribution is 2.31. The maximum absolute atomic E-state index is 11.4. The van der Waals surface area contributed by atoms with Gasteiger partial charge in [-0.1, -0.05) is 39.0 Å². The fraction of sp³-hybridized carbons (Fsp3) is 0.312.